The van der Waals surface area contributed by atoms with Gasteiger partial charge in [-0.3, -0.25) is 4.79 Å². The Balaban J connectivity index is 2.28. The van der Waals surface area contributed by atoms with Crippen LogP contribution in [0.2, 0.25) is 0 Å². The van der Waals surface area contributed by atoms with Crippen LogP contribution >= 0.6 is 11.3 Å². The molecule has 0 aliphatic heterocycles. The minimum Gasteiger partial charge on any atom is -0.321 e. The van der Waals surface area contributed by atoms with Gasteiger partial charge in [-0.05, 0) is 37.3 Å². The number of carbonyl (C=O) groups is 1. The van der Waals surface area contributed by atoms with Crippen molar-refractivity contribution in [3.05, 3.63) is 57.3 Å². The molecule has 7 heteroatoms. The Kier molecular flexibility index (Phi) is 4.86. The number of amides is 1. The number of anilines is 1. The first kappa shape index (κ1) is 16.8. The summed E-state index contributed by atoms with van der Waals surface area (Å²) in [6.07, 6.45) is -3.24. The SMILES string of the molecule is Cc1ccc(/C=C(\C#N)C(=O)Nc2ccccc2C(F)(F)F)s1. The van der Waals surface area contributed by atoms with Gasteiger partial charge in [0.05, 0.1) is 11.3 Å². The van der Waals surface area contributed by atoms with Crippen LogP contribution in [0, 0.1) is 18.3 Å². The van der Waals surface area contributed by atoms with Gasteiger partial charge in [0.25, 0.3) is 5.91 Å². The highest BCUT2D eigenvalue weighted by Crippen LogP contribution is 2.34. The molecule has 1 aromatic carbocycles. The zero-order valence-corrected chi connectivity index (χ0v) is 12.8. The largest absolute Gasteiger partial charge is 0.418 e. The van der Waals surface area contributed by atoms with E-state index in [0.717, 1.165) is 17.0 Å². The summed E-state index contributed by atoms with van der Waals surface area (Å²) in [4.78, 5) is 13.7. The smallest absolute Gasteiger partial charge is 0.321 e. The summed E-state index contributed by atoms with van der Waals surface area (Å²) in [5, 5.41) is 11.2. The maximum absolute atomic E-state index is 12.9. The van der Waals surface area contributed by atoms with Crippen molar-refractivity contribution in [2.24, 2.45) is 0 Å². The molecular weight excluding hydrogens is 325 g/mol. The number of nitriles is 1. The van der Waals surface area contributed by atoms with Gasteiger partial charge < -0.3 is 5.32 Å². The number of carbonyl (C=O) groups excluding carboxylic acids is 1. The maximum Gasteiger partial charge on any atom is 0.418 e. The van der Waals surface area contributed by atoms with E-state index in [1.807, 2.05) is 13.0 Å². The fourth-order valence-electron chi connectivity index (χ4n) is 1.85. The Labute approximate surface area is 134 Å². The van der Waals surface area contributed by atoms with Crippen molar-refractivity contribution in [1.29, 1.82) is 5.26 Å². The fourth-order valence-corrected chi connectivity index (χ4v) is 2.67. The molecule has 0 aliphatic rings. The quantitative estimate of drug-likeness (QED) is 0.657. The summed E-state index contributed by atoms with van der Waals surface area (Å²) in [7, 11) is 0. The number of hydrogen-bond donors (Lipinski definition) is 1. The van der Waals surface area contributed by atoms with Crippen LogP contribution in [0.4, 0.5) is 18.9 Å². The van der Waals surface area contributed by atoms with E-state index in [4.69, 9.17) is 5.26 Å². The highest BCUT2D eigenvalue weighted by molar-refractivity contribution is 7.12. The molecule has 1 amide bonds. The maximum atomic E-state index is 12.9. The molecule has 23 heavy (non-hydrogen) atoms. The number of rotatable bonds is 3. The average Bonchev–Trinajstić information content (AvgIpc) is 2.89. The standard InChI is InChI=1S/C16H11F3N2OS/c1-10-6-7-12(23-10)8-11(9-20)15(22)21-14-5-3-2-4-13(14)16(17,18)19/h2-8H,1H3,(H,21,22)/b11-8+. The number of nitrogens with zero attached hydrogens (tertiary/aromatic N) is 1. The van der Waals surface area contributed by atoms with Crippen LogP contribution in [-0.2, 0) is 11.0 Å². The molecule has 0 aliphatic carbocycles. The van der Waals surface area contributed by atoms with Crippen LogP contribution < -0.4 is 5.32 Å². The molecule has 2 rings (SSSR count). The Morgan fingerprint density at radius 3 is 2.52 bits per heavy atom. The minimum atomic E-state index is -4.59. The first-order chi connectivity index (χ1) is 10.8. The number of para-hydroxylation sites is 1. The molecule has 0 saturated heterocycles. The van der Waals surface area contributed by atoms with E-state index in [1.165, 1.54) is 29.5 Å². The minimum absolute atomic E-state index is 0.260. The lowest BCUT2D eigenvalue weighted by molar-refractivity contribution is -0.136. The van der Waals surface area contributed by atoms with Crippen molar-refractivity contribution in [2.75, 3.05) is 5.32 Å². The summed E-state index contributed by atoms with van der Waals surface area (Å²) in [6.45, 7) is 1.87. The van der Waals surface area contributed by atoms with Crippen LogP contribution in [-0.4, -0.2) is 5.91 Å². The number of thiophene rings is 1. The monoisotopic (exact) mass is 336 g/mol. The third kappa shape index (κ3) is 4.20. The van der Waals surface area contributed by atoms with Gasteiger partial charge in [0, 0.05) is 9.75 Å². The highest BCUT2D eigenvalue weighted by atomic mass is 32.1. The molecule has 0 spiro atoms. The predicted octanol–water partition coefficient (Wildman–Crippen LogP) is 4.62. The topological polar surface area (TPSA) is 52.9 Å². The lowest BCUT2D eigenvalue weighted by Crippen LogP contribution is -2.17. The van der Waals surface area contributed by atoms with Crippen molar-refractivity contribution in [3.63, 3.8) is 0 Å². The van der Waals surface area contributed by atoms with Crippen LogP contribution in [0.25, 0.3) is 6.08 Å². The Morgan fingerprint density at radius 2 is 1.96 bits per heavy atom. The van der Waals surface area contributed by atoms with Gasteiger partial charge in [0.1, 0.15) is 11.6 Å². The van der Waals surface area contributed by atoms with Gasteiger partial charge in [0.15, 0.2) is 0 Å². The fraction of sp³-hybridized carbons (Fsp3) is 0.125. The molecule has 0 fully saturated rings. The second-order valence-corrected chi connectivity index (χ2v) is 5.94. The molecule has 1 heterocycles. The Bertz CT molecular complexity index is 800. The Morgan fingerprint density at radius 1 is 1.26 bits per heavy atom. The highest BCUT2D eigenvalue weighted by Gasteiger charge is 2.33. The molecule has 0 atom stereocenters. The van der Waals surface area contributed by atoms with E-state index in [0.29, 0.717) is 4.88 Å². The first-order valence-electron chi connectivity index (χ1n) is 6.47. The molecule has 1 N–H and O–H groups in total. The average molecular weight is 336 g/mol. The molecule has 0 radical (unpaired) electrons. The van der Waals surface area contributed by atoms with E-state index in [2.05, 4.69) is 5.32 Å². The lowest BCUT2D eigenvalue weighted by Gasteiger charge is -2.13. The van der Waals surface area contributed by atoms with Crippen LogP contribution in [0.5, 0.6) is 0 Å². The normalized spacial score (nSPS) is 11.9. The third-order valence-electron chi connectivity index (χ3n) is 2.89. The second-order valence-electron chi connectivity index (χ2n) is 4.62. The molecule has 2 aromatic rings. The van der Waals surface area contributed by atoms with E-state index in [9.17, 15) is 18.0 Å². The number of aryl methyl sites for hydroxylation is 1. The Hall–Kier alpha value is -2.59. The molecule has 0 saturated carbocycles. The summed E-state index contributed by atoms with van der Waals surface area (Å²) < 4.78 is 38.7. The number of halogens is 3. The lowest BCUT2D eigenvalue weighted by atomic mass is 10.1. The molecule has 0 bridgehead atoms. The number of hydrogen-bond acceptors (Lipinski definition) is 3. The van der Waals surface area contributed by atoms with E-state index in [1.54, 1.807) is 12.1 Å². The van der Waals surface area contributed by atoms with Crippen molar-refractivity contribution in [1.82, 2.24) is 0 Å². The zero-order chi connectivity index (χ0) is 17.0. The summed E-state index contributed by atoms with van der Waals surface area (Å²) >= 11 is 1.38. The van der Waals surface area contributed by atoms with E-state index >= 15 is 0 Å². The predicted molar refractivity (Wildman–Crippen MR) is 82.7 cm³/mol. The molecule has 1 aromatic heterocycles. The second kappa shape index (κ2) is 6.67. The van der Waals surface area contributed by atoms with Gasteiger partial charge in [-0.15, -0.1) is 11.3 Å². The van der Waals surface area contributed by atoms with Crippen LogP contribution in [0.3, 0.4) is 0 Å². The first-order valence-corrected chi connectivity index (χ1v) is 7.28. The summed E-state index contributed by atoms with van der Waals surface area (Å²) in [5.74, 6) is -0.879. The van der Waals surface area contributed by atoms with Gasteiger partial charge in [-0.1, -0.05) is 12.1 Å². The van der Waals surface area contributed by atoms with Crippen molar-refractivity contribution in [2.45, 2.75) is 13.1 Å². The van der Waals surface area contributed by atoms with Crippen LogP contribution in [0.1, 0.15) is 15.3 Å². The number of benzene rings is 1. The van der Waals surface area contributed by atoms with Crippen molar-refractivity contribution in [3.8, 4) is 6.07 Å². The van der Waals surface area contributed by atoms with Gasteiger partial charge in [-0.25, -0.2) is 0 Å². The van der Waals surface area contributed by atoms with Gasteiger partial charge in [-0.2, -0.15) is 18.4 Å². The van der Waals surface area contributed by atoms with Gasteiger partial charge >= 0.3 is 6.18 Å². The zero-order valence-electron chi connectivity index (χ0n) is 11.9. The van der Waals surface area contributed by atoms with Crippen molar-refractivity contribution >= 4 is 29.0 Å². The molecule has 118 valence electrons. The molecule has 3 nitrogen and oxygen atoms in total. The van der Waals surface area contributed by atoms with Crippen LogP contribution in [0.15, 0.2) is 42.0 Å². The third-order valence-corrected chi connectivity index (χ3v) is 3.84. The number of alkyl halides is 3. The molecular formula is C16H11F3N2OS. The van der Waals surface area contributed by atoms with Crippen molar-refractivity contribution < 1.29 is 18.0 Å². The molecule has 0 unspecified atom stereocenters. The van der Waals surface area contributed by atoms with E-state index < -0.39 is 17.6 Å². The summed E-state index contributed by atoms with van der Waals surface area (Å²) in [6, 6.07) is 9.89. The summed E-state index contributed by atoms with van der Waals surface area (Å²) in [5.41, 5.74) is -1.60. The number of nitrogens with one attached hydrogen (secondary N) is 1. The van der Waals surface area contributed by atoms with Gasteiger partial charge in [0.2, 0.25) is 0 Å². The van der Waals surface area contributed by atoms with E-state index in [-0.39, 0.29) is 11.3 Å².